The van der Waals surface area contributed by atoms with Crippen molar-refractivity contribution in [3.05, 3.63) is 38.5 Å². The molecule has 0 radical (unpaired) electrons. The zero-order valence-electron chi connectivity index (χ0n) is 12.2. The van der Waals surface area contributed by atoms with Gasteiger partial charge in [-0.15, -0.1) is 23.1 Å². The van der Waals surface area contributed by atoms with Gasteiger partial charge in [-0.2, -0.15) is 0 Å². The molecule has 6 heteroatoms. The zero-order chi connectivity index (χ0) is 15.2. The molecule has 0 saturated carbocycles. The van der Waals surface area contributed by atoms with Crippen LogP contribution in [-0.4, -0.2) is 20.5 Å². The van der Waals surface area contributed by atoms with E-state index < -0.39 is 0 Å². The zero-order valence-corrected chi connectivity index (χ0v) is 15.5. The Morgan fingerprint density at radius 2 is 1.86 bits per heavy atom. The van der Waals surface area contributed by atoms with Gasteiger partial charge in [-0.05, 0) is 45.9 Å². The van der Waals surface area contributed by atoms with E-state index in [9.17, 15) is 0 Å². The van der Waals surface area contributed by atoms with Gasteiger partial charge in [0.2, 0.25) is 0 Å². The number of ether oxygens (including phenoxy) is 2. The van der Waals surface area contributed by atoms with Gasteiger partial charge in [0, 0.05) is 32.7 Å². The van der Waals surface area contributed by atoms with Crippen molar-refractivity contribution in [1.82, 2.24) is 5.32 Å². The minimum Gasteiger partial charge on any atom is -0.493 e. The highest BCUT2D eigenvalue weighted by atomic mass is 79.9. The summed E-state index contributed by atoms with van der Waals surface area (Å²) >= 11 is 6.94. The van der Waals surface area contributed by atoms with Crippen LogP contribution in [0.15, 0.2) is 32.9 Å². The van der Waals surface area contributed by atoms with Gasteiger partial charge >= 0.3 is 0 Å². The molecule has 0 aliphatic rings. The minimum absolute atomic E-state index is 0.769. The molecule has 1 aromatic carbocycles. The van der Waals surface area contributed by atoms with Crippen LogP contribution in [0.3, 0.4) is 0 Å². The van der Waals surface area contributed by atoms with E-state index >= 15 is 0 Å². The van der Waals surface area contributed by atoms with Gasteiger partial charge < -0.3 is 14.8 Å². The van der Waals surface area contributed by atoms with Gasteiger partial charge in [0.15, 0.2) is 11.5 Å². The summed E-state index contributed by atoms with van der Waals surface area (Å²) in [5.41, 5.74) is 1.22. The molecule has 0 saturated heterocycles. The van der Waals surface area contributed by atoms with Crippen molar-refractivity contribution in [3.63, 3.8) is 0 Å². The van der Waals surface area contributed by atoms with Gasteiger partial charge in [-0.25, -0.2) is 0 Å². The quantitative estimate of drug-likeness (QED) is 0.706. The van der Waals surface area contributed by atoms with Crippen LogP contribution in [0.2, 0.25) is 0 Å². The SMILES string of the molecule is COc1cc(CNCc2cc(Br)cs2)c(SC)cc1OC. The molecule has 1 aromatic heterocycles. The third-order valence-electron chi connectivity index (χ3n) is 3.02. The highest BCUT2D eigenvalue weighted by Crippen LogP contribution is 2.34. The number of benzene rings is 1. The van der Waals surface area contributed by atoms with Gasteiger partial charge in [-0.1, -0.05) is 0 Å². The summed E-state index contributed by atoms with van der Waals surface area (Å²) in [6.45, 7) is 1.66. The molecule has 0 aliphatic carbocycles. The monoisotopic (exact) mass is 387 g/mol. The molecule has 3 nitrogen and oxygen atoms in total. The number of thiophene rings is 1. The number of thioether (sulfide) groups is 1. The summed E-state index contributed by atoms with van der Waals surface area (Å²) in [5, 5.41) is 5.57. The summed E-state index contributed by atoms with van der Waals surface area (Å²) in [7, 11) is 3.32. The summed E-state index contributed by atoms with van der Waals surface area (Å²) in [5.74, 6) is 1.54. The van der Waals surface area contributed by atoms with Gasteiger partial charge in [0.05, 0.1) is 14.2 Å². The molecular formula is C15H18BrNO2S2. The molecule has 0 fully saturated rings. The Morgan fingerprint density at radius 3 is 2.43 bits per heavy atom. The fourth-order valence-corrected chi connectivity index (χ4v) is 4.04. The smallest absolute Gasteiger partial charge is 0.161 e. The first-order chi connectivity index (χ1) is 10.2. The Labute approximate surface area is 142 Å². The number of halogens is 1. The average Bonchev–Trinajstić information content (AvgIpc) is 2.92. The van der Waals surface area contributed by atoms with Crippen LogP contribution in [0.25, 0.3) is 0 Å². The highest BCUT2D eigenvalue weighted by Gasteiger charge is 2.10. The molecule has 0 aliphatic heterocycles. The van der Waals surface area contributed by atoms with Crippen LogP contribution in [0.5, 0.6) is 11.5 Å². The lowest BCUT2D eigenvalue weighted by molar-refractivity contribution is 0.353. The molecule has 0 atom stereocenters. The Bertz CT molecular complexity index is 601. The molecule has 21 heavy (non-hydrogen) atoms. The van der Waals surface area contributed by atoms with Crippen LogP contribution < -0.4 is 14.8 Å². The second-order valence-electron chi connectivity index (χ2n) is 4.35. The van der Waals surface area contributed by atoms with E-state index in [2.05, 4.69) is 38.9 Å². The van der Waals surface area contributed by atoms with E-state index in [1.807, 2.05) is 12.1 Å². The molecule has 1 N–H and O–H groups in total. The Hall–Kier alpha value is -0.690. The first-order valence-electron chi connectivity index (χ1n) is 6.40. The second kappa shape index (κ2) is 8.08. The predicted molar refractivity (Wildman–Crippen MR) is 93.9 cm³/mol. The van der Waals surface area contributed by atoms with Crippen LogP contribution in [0.4, 0.5) is 0 Å². The minimum atomic E-state index is 0.769. The number of hydrogen-bond donors (Lipinski definition) is 1. The van der Waals surface area contributed by atoms with E-state index in [1.54, 1.807) is 37.3 Å². The molecule has 2 rings (SSSR count). The first kappa shape index (κ1) is 16.7. The summed E-state index contributed by atoms with van der Waals surface area (Å²) < 4.78 is 11.9. The largest absolute Gasteiger partial charge is 0.493 e. The molecule has 0 unspecified atom stereocenters. The molecule has 2 aromatic rings. The number of rotatable bonds is 7. The van der Waals surface area contributed by atoms with Crippen LogP contribution in [-0.2, 0) is 13.1 Å². The predicted octanol–water partition coefficient (Wildman–Crippen LogP) is 4.54. The Kier molecular flexibility index (Phi) is 6.41. The van der Waals surface area contributed by atoms with Crippen molar-refractivity contribution >= 4 is 39.0 Å². The first-order valence-corrected chi connectivity index (χ1v) is 9.30. The molecule has 0 amide bonds. The number of hydrogen-bond acceptors (Lipinski definition) is 5. The average molecular weight is 388 g/mol. The lowest BCUT2D eigenvalue weighted by atomic mass is 10.2. The van der Waals surface area contributed by atoms with Gasteiger partial charge in [0.1, 0.15) is 0 Å². The highest BCUT2D eigenvalue weighted by molar-refractivity contribution is 9.10. The van der Waals surface area contributed by atoms with Crippen LogP contribution in [0.1, 0.15) is 10.4 Å². The van der Waals surface area contributed by atoms with Crippen LogP contribution >= 0.6 is 39.0 Å². The van der Waals surface area contributed by atoms with E-state index in [0.29, 0.717) is 0 Å². The standard InChI is InChI=1S/C15H18BrNO2S2/c1-18-13-4-10(15(20-3)6-14(13)19-2)7-17-8-12-5-11(16)9-21-12/h4-6,9,17H,7-8H2,1-3H3. The third kappa shape index (κ3) is 4.39. The molecule has 0 spiro atoms. The normalized spacial score (nSPS) is 10.7. The van der Waals surface area contributed by atoms with Crippen molar-refractivity contribution < 1.29 is 9.47 Å². The Balaban J connectivity index is 2.07. The van der Waals surface area contributed by atoms with Crippen LogP contribution in [0, 0.1) is 0 Å². The molecule has 1 heterocycles. The number of nitrogens with one attached hydrogen (secondary N) is 1. The maximum Gasteiger partial charge on any atom is 0.161 e. The van der Waals surface area contributed by atoms with E-state index in [-0.39, 0.29) is 0 Å². The molecule has 0 bridgehead atoms. The fraction of sp³-hybridized carbons (Fsp3) is 0.333. The topological polar surface area (TPSA) is 30.5 Å². The lowest BCUT2D eigenvalue weighted by Gasteiger charge is -2.14. The summed E-state index contributed by atoms with van der Waals surface area (Å²) in [4.78, 5) is 2.51. The van der Waals surface area contributed by atoms with E-state index in [0.717, 1.165) is 29.1 Å². The molecule has 114 valence electrons. The molecular weight excluding hydrogens is 370 g/mol. The van der Waals surface area contributed by atoms with Crippen molar-refractivity contribution in [2.24, 2.45) is 0 Å². The van der Waals surface area contributed by atoms with E-state index in [1.165, 1.54) is 15.3 Å². The number of methoxy groups -OCH3 is 2. The second-order valence-corrected chi connectivity index (χ2v) is 7.11. The summed E-state index contributed by atoms with van der Waals surface area (Å²) in [6.07, 6.45) is 2.07. The third-order valence-corrected chi connectivity index (χ3v) is 5.54. The Morgan fingerprint density at radius 1 is 1.14 bits per heavy atom. The maximum atomic E-state index is 5.38. The fourth-order valence-electron chi connectivity index (χ4n) is 2.00. The van der Waals surface area contributed by atoms with Crippen molar-refractivity contribution in [2.75, 3.05) is 20.5 Å². The van der Waals surface area contributed by atoms with E-state index in [4.69, 9.17) is 9.47 Å². The maximum absolute atomic E-state index is 5.38. The van der Waals surface area contributed by atoms with Gasteiger partial charge in [0.25, 0.3) is 0 Å². The van der Waals surface area contributed by atoms with Crippen molar-refractivity contribution in [1.29, 1.82) is 0 Å². The van der Waals surface area contributed by atoms with Crippen molar-refractivity contribution in [3.8, 4) is 11.5 Å². The van der Waals surface area contributed by atoms with Crippen molar-refractivity contribution in [2.45, 2.75) is 18.0 Å². The van der Waals surface area contributed by atoms with Gasteiger partial charge in [-0.3, -0.25) is 0 Å². The summed E-state index contributed by atoms with van der Waals surface area (Å²) in [6, 6.07) is 6.21. The lowest BCUT2D eigenvalue weighted by Crippen LogP contribution is -2.12.